The predicted octanol–water partition coefficient (Wildman–Crippen LogP) is 3.67. The van der Waals surface area contributed by atoms with Crippen LogP contribution in [0.25, 0.3) is 0 Å². The number of thiophene rings is 1. The molecule has 0 radical (unpaired) electrons. The first-order chi connectivity index (χ1) is 10.2. The standard InChI is InChI=1S/C17H23FN2S/c1-3-19-12-14-6-7-17(18)15(11-14)13-20(2)9-8-16-5-4-10-21-16/h4-7,10-11,19H,3,8-9,12-13H2,1-2H3. The summed E-state index contributed by atoms with van der Waals surface area (Å²) in [6.07, 6.45) is 1.02. The van der Waals surface area contributed by atoms with Crippen LogP contribution in [0.2, 0.25) is 0 Å². The second kappa shape index (κ2) is 8.27. The van der Waals surface area contributed by atoms with Crippen LogP contribution in [0.4, 0.5) is 4.39 Å². The molecule has 2 nitrogen and oxygen atoms in total. The summed E-state index contributed by atoms with van der Waals surface area (Å²) in [4.78, 5) is 3.55. The molecule has 2 aromatic rings. The predicted molar refractivity (Wildman–Crippen MR) is 88.1 cm³/mol. The van der Waals surface area contributed by atoms with Crippen molar-refractivity contribution in [2.24, 2.45) is 0 Å². The summed E-state index contributed by atoms with van der Waals surface area (Å²) < 4.78 is 13.9. The highest BCUT2D eigenvalue weighted by Gasteiger charge is 2.07. The fourth-order valence-electron chi connectivity index (χ4n) is 2.25. The van der Waals surface area contributed by atoms with Crippen molar-refractivity contribution in [2.45, 2.75) is 26.4 Å². The third-order valence-corrected chi connectivity index (χ3v) is 4.39. The first kappa shape index (κ1) is 16.1. The van der Waals surface area contributed by atoms with Crippen LogP contribution >= 0.6 is 11.3 Å². The SMILES string of the molecule is CCNCc1ccc(F)c(CN(C)CCc2cccs2)c1. The summed E-state index contributed by atoms with van der Waals surface area (Å²) >= 11 is 1.78. The molecule has 0 aliphatic carbocycles. The van der Waals surface area contributed by atoms with Crippen molar-refractivity contribution < 1.29 is 4.39 Å². The van der Waals surface area contributed by atoms with Gasteiger partial charge in [0.25, 0.3) is 0 Å². The van der Waals surface area contributed by atoms with Gasteiger partial charge in [0.1, 0.15) is 5.82 Å². The van der Waals surface area contributed by atoms with Gasteiger partial charge < -0.3 is 10.2 Å². The van der Waals surface area contributed by atoms with E-state index in [9.17, 15) is 4.39 Å². The van der Waals surface area contributed by atoms with Crippen molar-refractivity contribution in [1.82, 2.24) is 10.2 Å². The van der Waals surface area contributed by atoms with E-state index in [0.29, 0.717) is 6.54 Å². The fourth-order valence-corrected chi connectivity index (χ4v) is 2.95. The second-order valence-corrected chi connectivity index (χ2v) is 6.31. The number of nitrogens with one attached hydrogen (secondary N) is 1. The number of hydrogen-bond acceptors (Lipinski definition) is 3. The Bertz CT molecular complexity index is 540. The lowest BCUT2D eigenvalue weighted by atomic mass is 10.1. The molecule has 0 bridgehead atoms. The molecule has 1 N–H and O–H groups in total. The molecule has 0 amide bonds. The van der Waals surface area contributed by atoms with E-state index in [1.165, 1.54) is 4.88 Å². The maximum Gasteiger partial charge on any atom is 0.127 e. The van der Waals surface area contributed by atoms with Crippen LogP contribution in [0.3, 0.4) is 0 Å². The molecule has 0 fully saturated rings. The van der Waals surface area contributed by atoms with E-state index in [1.807, 2.05) is 19.2 Å². The van der Waals surface area contributed by atoms with E-state index < -0.39 is 0 Å². The third-order valence-electron chi connectivity index (χ3n) is 3.45. The van der Waals surface area contributed by atoms with Crippen molar-refractivity contribution in [3.05, 3.63) is 57.5 Å². The Labute approximate surface area is 130 Å². The Hall–Kier alpha value is -1.23. The van der Waals surface area contributed by atoms with Crippen molar-refractivity contribution in [1.29, 1.82) is 0 Å². The highest BCUT2D eigenvalue weighted by molar-refractivity contribution is 7.09. The number of rotatable bonds is 8. The number of nitrogens with zero attached hydrogens (tertiary/aromatic N) is 1. The molecule has 0 spiro atoms. The monoisotopic (exact) mass is 306 g/mol. The smallest absolute Gasteiger partial charge is 0.127 e. The zero-order valence-electron chi connectivity index (χ0n) is 12.7. The molecule has 1 heterocycles. The van der Waals surface area contributed by atoms with Gasteiger partial charge in [0.2, 0.25) is 0 Å². The number of benzene rings is 1. The van der Waals surface area contributed by atoms with Gasteiger partial charge in [-0.2, -0.15) is 0 Å². The molecule has 0 aliphatic heterocycles. The van der Waals surface area contributed by atoms with E-state index in [-0.39, 0.29) is 5.82 Å². The molecule has 114 valence electrons. The van der Waals surface area contributed by atoms with Crippen LogP contribution in [0.5, 0.6) is 0 Å². The van der Waals surface area contributed by atoms with Crippen molar-refractivity contribution in [3.63, 3.8) is 0 Å². The Balaban J connectivity index is 1.91. The van der Waals surface area contributed by atoms with Crippen LogP contribution in [0, 0.1) is 5.82 Å². The Kier molecular flexibility index (Phi) is 6.36. The lowest BCUT2D eigenvalue weighted by Crippen LogP contribution is -2.21. The molecule has 2 rings (SSSR count). The Morgan fingerprint density at radius 1 is 1.29 bits per heavy atom. The van der Waals surface area contributed by atoms with Crippen LogP contribution in [0.15, 0.2) is 35.7 Å². The minimum absolute atomic E-state index is 0.113. The molecular formula is C17H23FN2S. The van der Waals surface area contributed by atoms with Gasteiger partial charge in [-0.05, 0) is 43.1 Å². The average molecular weight is 306 g/mol. The molecule has 0 aliphatic rings. The van der Waals surface area contributed by atoms with Crippen LogP contribution in [-0.2, 0) is 19.5 Å². The summed E-state index contributed by atoms with van der Waals surface area (Å²) in [6, 6.07) is 9.63. The molecule has 0 unspecified atom stereocenters. The molecule has 0 saturated heterocycles. The first-order valence-corrected chi connectivity index (χ1v) is 8.26. The molecule has 0 atom stereocenters. The number of halogens is 1. The van der Waals surface area contributed by atoms with Crippen LogP contribution in [-0.4, -0.2) is 25.0 Å². The van der Waals surface area contributed by atoms with Gasteiger partial charge in [-0.15, -0.1) is 11.3 Å². The van der Waals surface area contributed by atoms with E-state index in [0.717, 1.165) is 37.2 Å². The molecule has 1 aromatic heterocycles. The highest BCUT2D eigenvalue weighted by Crippen LogP contribution is 2.14. The number of hydrogen-bond donors (Lipinski definition) is 1. The molecular weight excluding hydrogens is 283 g/mol. The third kappa shape index (κ3) is 5.23. The van der Waals surface area contributed by atoms with Gasteiger partial charge in [0.15, 0.2) is 0 Å². The minimum Gasteiger partial charge on any atom is -0.313 e. The summed E-state index contributed by atoms with van der Waals surface area (Å²) in [5.74, 6) is -0.113. The Morgan fingerprint density at radius 2 is 2.14 bits per heavy atom. The highest BCUT2D eigenvalue weighted by atomic mass is 32.1. The van der Waals surface area contributed by atoms with Gasteiger partial charge in [0, 0.05) is 30.1 Å². The van der Waals surface area contributed by atoms with Gasteiger partial charge >= 0.3 is 0 Å². The molecule has 4 heteroatoms. The van der Waals surface area contributed by atoms with Gasteiger partial charge in [-0.3, -0.25) is 0 Å². The van der Waals surface area contributed by atoms with Gasteiger partial charge in [-0.1, -0.05) is 25.1 Å². The lowest BCUT2D eigenvalue weighted by molar-refractivity contribution is 0.326. The van der Waals surface area contributed by atoms with Crippen molar-refractivity contribution in [3.8, 4) is 0 Å². The van der Waals surface area contributed by atoms with E-state index >= 15 is 0 Å². The summed E-state index contributed by atoms with van der Waals surface area (Å²) in [5.41, 5.74) is 1.92. The van der Waals surface area contributed by atoms with E-state index in [2.05, 4.69) is 34.7 Å². The molecule has 21 heavy (non-hydrogen) atoms. The van der Waals surface area contributed by atoms with Gasteiger partial charge in [0.05, 0.1) is 0 Å². The van der Waals surface area contributed by atoms with Crippen LogP contribution in [0.1, 0.15) is 22.9 Å². The van der Waals surface area contributed by atoms with Crippen molar-refractivity contribution in [2.75, 3.05) is 20.1 Å². The zero-order valence-corrected chi connectivity index (χ0v) is 13.5. The number of likely N-dealkylation sites (N-methyl/N-ethyl adjacent to an activating group) is 1. The maximum absolute atomic E-state index is 13.9. The first-order valence-electron chi connectivity index (χ1n) is 7.38. The molecule has 0 saturated carbocycles. The summed E-state index contributed by atoms with van der Waals surface area (Å²) in [7, 11) is 2.05. The lowest BCUT2D eigenvalue weighted by Gasteiger charge is -2.17. The van der Waals surface area contributed by atoms with E-state index in [1.54, 1.807) is 17.4 Å². The second-order valence-electron chi connectivity index (χ2n) is 5.27. The maximum atomic E-state index is 13.9. The fraction of sp³-hybridized carbons (Fsp3) is 0.412. The topological polar surface area (TPSA) is 15.3 Å². The summed E-state index contributed by atoms with van der Waals surface area (Å²) in [5, 5.41) is 5.37. The molecule has 1 aromatic carbocycles. The summed E-state index contributed by atoms with van der Waals surface area (Å²) in [6.45, 7) is 5.38. The minimum atomic E-state index is -0.113. The van der Waals surface area contributed by atoms with E-state index in [4.69, 9.17) is 0 Å². The van der Waals surface area contributed by atoms with Crippen molar-refractivity contribution >= 4 is 11.3 Å². The normalized spacial score (nSPS) is 11.2. The zero-order chi connectivity index (χ0) is 15.1. The quantitative estimate of drug-likeness (QED) is 0.800. The Morgan fingerprint density at radius 3 is 2.86 bits per heavy atom. The van der Waals surface area contributed by atoms with Crippen LogP contribution < -0.4 is 5.32 Å². The van der Waals surface area contributed by atoms with Gasteiger partial charge in [-0.25, -0.2) is 4.39 Å². The largest absolute Gasteiger partial charge is 0.313 e. The average Bonchev–Trinajstić information content (AvgIpc) is 2.99.